The van der Waals surface area contributed by atoms with Gasteiger partial charge in [0.1, 0.15) is 0 Å². The van der Waals surface area contributed by atoms with E-state index < -0.39 is 5.79 Å². The molecule has 0 aliphatic rings. The van der Waals surface area contributed by atoms with Crippen LogP contribution in [0.1, 0.15) is 13.8 Å². The third-order valence-corrected chi connectivity index (χ3v) is 1.71. The number of ketones is 1. The standard InChI is InChI=1S/C9H16O4/c1-5-13-7-6-8(10)9(2,11-3)12-4/h6-7H,5H2,1-4H3/b7-6+. The van der Waals surface area contributed by atoms with Crippen molar-refractivity contribution in [3.05, 3.63) is 12.3 Å². The molecule has 0 N–H and O–H groups in total. The summed E-state index contributed by atoms with van der Waals surface area (Å²) in [6.07, 6.45) is 2.62. The monoisotopic (exact) mass is 188 g/mol. The smallest absolute Gasteiger partial charge is 0.229 e. The normalized spacial score (nSPS) is 12.0. The molecular weight excluding hydrogens is 172 g/mol. The molecule has 0 aliphatic carbocycles. The molecule has 0 bridgehead atoms. The van der Waals surface area contributed by atoms with E-state index in [0.717, 1.165) is 0 Å². The molecule has 0 rings (SSSR count). The van der Waals surface area contributed by atoms with Crippen molar-refractivity contribution in [3.63, 3.8) is 0 Å². The molecule has 0 heterocycles. The van der Waals surface area contributed by atoms with Crippen LogP contribution in [-0.2, 0) is 19.0 Å². The fraction of sp³-hybridized carbons (Fsp3) is 0.667. The van der Waals surface area contributed by atoms with Crippen LogP contribution in [-0.4, -0.2) is 32.4 Å². The molecule has 0 spiro atoms. The Kier molecular flexibility index (Phi) is 5.34. The summed E-state index contributed by atoms with van der Waals surface area (Å²) in [6, 6.07) is 0. The van der Waals surface area contributed by atoms with Crippen LogP contribution in [0, 0.1) is 0 Å². The molecule has 0 amide bonds. The fourth-order valence-electron chi connectivity index (χ4n) is 0.642. The second kappa shape index (κ2) is 5.72. The van der Waals surface area contributed by atoms with Crippen LogP contribution in [0.3, 0.4) is 0 Å². The van der Waals surface area contributed by atoms with Crippen molar-refractivity contribution in [2.75, 3.05) is 20.8 Å². The molecule has 0 aliphatic heterocycles. The van der Waals surface area contributed by atoms with E-state index >= 15 is 0 Å². The number of carbonyl (C=O) groups is 1. The summed E-state index contributed by atoms with van der Waals surface area (Å²) in [6.45, 7) is 3.91. The van der Waals surface area contributed by atoms with Crippen molar-refractivity contribution >= 4 is 5.78 Å². The lowest BCUT2D eigenvalue weighted by Gasteiger charge is -2.22. The summed E-state index contributed by atoms with van der Waals surface area (Å²) >= 11 is 0. The van der Waals surface area contributed by atoms with E-state index in [9.17, 15) is 4.79 Å². The summed E-state index contributed by atoms with van der Waals surface area (Å²) in [5.74, 6) is -1.50. The van der Waals surface area contributed by atoms with Gasteiger partial charge in [-0.3, -0.25) is 4.79 Å². The Bertz CT molecular complexity index is 182. The van der Waals surface area contributed by atoms with Gasteiger partial charge >= 0.3 is 0 Å². The number of ether oxygens (including phenoxy) is 3. The third kappa shape index (κ3) is 3.57. The van der Waals surface area contributed by atoms with Crippen molar-refractivity contribution in [2.24, 2.45) is 0 Å². The van der Waals surface area contributed by atoms with Gasteiger partial charge in [0.15, 0.2) is 0 Å². The second-order valence-corrected chi connectivity index (χ2v) is 2.48. The van der Waals surface area contributed by atoms with Crippen molar-refractivity contribution < 1.29 is 19.0 Å². The predicted octanol–water partition coefficient (Wildman–Crippen LogP) is 1.11. The maximum Gasteiger partial charge on any atom is 0.229 e. The van der Waals surface area contributed by atoms with Crippen LogP contribution in [0.4, 0.5) is 0 Å². The first-order valence-electron chi connectivity index (χ1n) is 4.03. The molecule has 0 unspecified atom stereocenters. The zero-order valence-electron chi connectivity index (χ0n) is 8.49. The predicted molar refractivity (Wildman–Crippen MR) is 48.2 cm³/mol. The number of rotatable bonds is 6. The van der Waals surface area contributed by atoms with Crippen molar-refractivity contribution in [1.82, 2.24) is 0 Å². The molecule has 0 radical (unpaired) electrons. The van der Waals surface area contributed by atoms with Gasteiger partial charge in [-0.25, -0.2) is 0 Å². The maximum absolute atomic E-state index is 11.4. The van der Waals surface area contributed by atoms with Gasteiger partial charge < -0.3 is 14.2 Å². The van der Waals surface area contributed by atoms with Gasteiger partial charge in [-0.1, -0.05) is 0 Å². The van der Waals surface area contributed by atoms with Gasteiger partial charge in [-0.15, -0.1) is 0 Å². The van der Waals surface area contributed by atoms with Crippen LogP contribution in [0.2, 0.25) is 0 Å². The zero-order valence-corrected chi connectivity index (χ0v) is 8.49. The van der Waals surface area contributed by atoms with E-state index in [1.807, 2.05) is 6.92 Å². The van der Waals surface area contributed by atoms with Gasteiger partial charge in [0.2, 0.25) is 11.6 Å². The molecule has 0 atom stereocenters. The minimum absolute atomic E-state index is 0.286. The van der Waals surface area contributed by atoms with Crippen LogP contribution >= 0.6 is 0 Å². The van der Waals surface area contributed by atoms with Crippen LogP contribution in [0.5, 0.6) is 0 Å². The summed E-state index contributed by atoms with van der Waals surface area (Å²) in [5, 5.41) is 0. The third-order valence-electron chi connectivity index (χ3n) is 1.71. The van der Waals surface area contributed by atoms with E-state index in [4.69, 9.17) is 14.2 Å². The van der Waals surface area contributed by atoms with Crippen molar-refractivity contribution in [2.45, 2.75) is 19.6 Å². The Balaban J connectivity index is 4.22. The Hall–Kier alpha value is -0.870. The van der Waals surface area contributed by atoms with E-state index in [-0.39, 0.29) is 5.78 Å². The lowest BCUT2D eigenvalue weighted by molar-refractivity contribution is -0.194. The summed E-state index contributed by atoms with van der Waals surface area (Å²) in [5.41, 5.74) is 0. The summed E-state index contributed by atoms with van der Waals surface area (Å²) in [4.78, 5) is 11.4. The molecule has 4 heteroatoms. The second-order valence-electron chi connectivity index (χ2n) is 2.48. The first kappa shape index (κ1) is 12.1. The minimum atomic E-state index is -1.21. The van der Waals surface area contributed by atoms with Crippen LogP contribution < -0.4 is 0 Å². The van der Waals surface area contributed by atoms with Gasteiger partial charge in [0, 0.05) is 20.3 Å². The van der Waals surface area contributed by atoms with Gasteiger partial charge in [0.05, 0.1) is 12.9 Å². The number of hydrogen-bond donors (Lipinski definition) is 0. The van der Waals surface area contributed by atoms with Gasteiger partial charge in [0.25, 0.3) is 0 Å². The number of hydrogen-bond acceptors (Lipinski definition) is 4. The topological polar surface area (TPSA) is 44.8 Å². The average Bonchev–Trinajstić information content (AvgIpc) is 2.17. The molecule has 0 aromatic rings. The highest BCUT2D eigenvalue weighted by Crippen LogP contribution is 2.11. The zero-order chi connectivity index (χ0) is 10.3. The Morgan fingerprint density at radius 3 is 2.31 bits per heavy atom. The fourth-order valence-corrected chi connectivity index (χ4v) is 0.642. The molecule has 0 fully saturated rings. The molecule has 0 aromatic carbocycles. The quantitative estimate of drug-likeness (QED) is 0.356. The molecule has 0 aromatic heterocycles. The van der Waals surface area contributed by atoms with E-state index in [2.05, 4.69) is 0 Å². The number of methoxy groups -OCH3 is 2. The largest absolute Gasteiger partial charge is 0.501 e. The SMILES string of the molecule is CCO/C=C/C(=O)C(C)(OC)OC. The Labute approximate surface area is 78.5 Å². The van der Waals surface area contributed by atoms with Crippen molar-refractivity contribution in [3.8, 4) is 0 Å². The molecule has 0 saturated carbocycles. The highest BCUT2D eigenvalue weighted by molar-refractivity contribution is 5.95. The summed E-state index contributed by atoms with van der Waals surface area (Å²) < 4.78 is 14.7. The maximum atomic E-state index is 11.4. The van der Waals surface area contributed by atoms with Crippen LogP contribution in [0.15, 0.2) is 12.3 Å². The van der Waals surface area contributed by atoms with E-state index in [1.54, 1.807) is 6.92 Å². The van der Waals surface area contributed by atoms with E-state index in [0.29, 0.717) is 6.61 Å². The lowest BCUT2D eigenvalue weighted by atomic mass is 10.2. The first-order chi connectivity index (χ1) is 6.10. The average molecular weight is 188 g/mol. The first-order valence-corrected chi connectivity index (χ1v) is 4.03. The molecule has 0 saturated heterocycles. The molecule has 4 nitrogen and oxygen atoms in total. The van der Waals surface area contributed by atoms with Gasteiger partial charge in [-0.05, 0) is 13.8 Å². The molecular formula is C9H16O4. The molecule has 13 heavy (non-hydrogen) atoms. The van der Waals surface area contributed by atoms with Crippen molar-refractivity contribution in [1.29, 1.82) is 0 Å². The minimum Gasteiger partial charge on any atom is -0.501 e. The number of carbonyl (C=O) groups excluding carboxylic acids is 1. The Morgan fingerprint density at radius 1 is 1.38 bits per heavy atom. The Morgan fingerprint density at radius 2 is 1.92 bits per heavy atom. The highest BCUT2D eigenvalue weighted by Gasteiger charge is 2.30. The van der Waals surface area contributed by atoms with E-state index in [1.165, 1.54) is 26.6 Å². The highest BCUT2D eigenvalue weighted by atomic mass is 16.7. The molecule has 76 valence electrons. The van der Waals surface area contributed by atoms with Gasteiger partial charge in [-0.2, -0.15) is 0 Å². The summed E-state index contributed by atoms with van der Waals surface area (Å²) in [7, 11) is 2.83. The van der Waals surface area contributed by atoms with Crippen LogP contribution in [0.25, 0.3) is 0 Å². The lowest BCUT2D eigenvalue weighted by Crippen LogP contribution is -2.38.